The Hall–Kier alpha value is -2.66. The summed E-state index contributed by atoms with van der Waals surface area (Å²) in [5.41, 5.74) is 3.26. The first-order valence-electron chi connectivity index (χ1n) is 8.03. The highest BCUT2D eigenvalue weighted by molar-refractivity contribution is 6.35. The molecule has 0 saturated carbocycles. The van der Waals surface area contributed by atoms with Crippen LogP contribution in [0.4, 0.5) is 0 Å². The van der Waals surface area contributed by atoms with Gasteiger partial charge >= 0.3 is 11.8 Å². The third-order valence-corrected chi connectivity index (χ3v) is 4.04. The van der Waals surface area contributed by atoms with Crippen LogP contribution in [-0.4, -0.2) is 25.0 Å². The highest BCUT2D eigenvalue weighted by Gasteiger charge is 2.22. The van der Waals surface area contributed by atoms with Crippen molar-refractivity contribution in [1.29, 1.82) is 0 Å². The second-order valence-corrected chi connectivity index (χ2v) is 5.69. The van der Waals surface area contributed by atoms with Crippen LogP contribution in [0.2, 0.25) is 0 Å². The van der Waals surface area contributed by atoms with Crippen molar-refractivity contribution in [2.24, 2.45) is 0 Å². The lowest BCUT2D eigenvalue weighted by Crippen LogP contribution is -2.41. The summed E-state index contributed by atoms with van der Waals surface area (Å²) in [4.78, 5) is 23.8. The van der Waals surface area contributed by atoms with Crippen LogP contribution in [0.5, 0.6) is 0 Å². The average molecular weight is 324 g/mol. The Kier molecular flexibility index (Phi) is 5.23. The van der Waals surface area contributed by atoms with Crippen LogP contribution in [0.3, 0.4) is 0 Å². The normalized spacial score (nSPS) is 16.1. The Balaban J connectivity index is 1.50. The fraction of sp³-hybridized carbons (Fsp3) is 0.263. The van der Waals surface area contributed by atoms with Gasteiger partial charge in [0.15, 0.2) is 0 Å². The number of ether oxygens (including phenoxy) is 1. The monoisotopic (exact) mass is 324 g/mol. The van der Waals surface area contributed by atoms with Gasteiger partial charge in [-0.1, -0.05) is 54.6 Å². The summed E-state index contributed by atoms with van der Waals surface area (Å²) in [6, 6.07) is 17.5. The van der Waals surface area contributed by atoms with Gasteiger partial charge in [-0.25, -0.2) is 0 Å². The molecule has 1 atom stereocenters. The summed E-state index contributed by atoms with van der Waals surface area (Å²) >= 11 is 0. The summed E-state index contributed by atoms with van der Waals surface area (Å²) in [6.07, 6.45) is 0.666. The van der Waals surface area contributed by atoms with Crippen molar-refractivity contribution in [2.75, 3.05) is 13.2 Å². The zero-order chi connectivity index (χ0) is 16.8. The molecule has 3 rings (SSSR count). The lowest BCUT2D eigenvalue weighted by Gasteiger charge is -2.26. The van der Waals surface area contributed by atoms with Crippen molar-refractivity contribution in [2.45, 2.75) is 19.1 Å². The Morgan fingerprint density at radius 3 is 2.50 bits per heavy atom. The average Bonchev–Trinajstić information content (AvgIpc) is 2.65. The van der Waals surface area contributed by atoms with Crippen molar-refractivity contribution < 1.29 is 14.3 Å². The number of carbonyl (C=O) groups is 2. The van der Waals surface area contributed by atoms with E-state index in [-0.39, 0.29) is 12.6 Å². The van der Waals surface area contributed by atoms with Crippen LogP contribution in [0.1, 0.15) is 22.8 Å². The SMILES string of the molecule is O=C(NCc1ccccc1)C(=O)NCC1OCCc2ccccc21. The number of hydrogen-bond acceptors (Lipinski definition) is 3. The molecule has 0 bridgehead atoms. The zero-order valence-electron chi connectivity index (χ0n) is 13.3. The molecular formula is C19H20N2O3. The lowest BCUT2D eigenvalue weighted by molar-refractivity contribution is -0.139. The van der Waals surface area contributed by atoms with E-state index in [1.807, 2.05) is 48.5 Å². The molecule has 0 aliphatic carbocycles. The van der Waals surface area contributed by atoms with Gasteiger partial charge in [-0.2, -0.15) is 0 Å². The summed E-state index contributed by atoms with van der Waals surface area (Å²) in [7, 11) is 0. The van der Waals surface area contributed by atoms with Crippen LogP contribution in [0.15, 0.2) is 54.6 Å². The molecule has 5 heteroatoms. The number of benzene rings is 2. The first-order valence-corrected chi connectivity index (χ1v) is 8.03. The largest absolute Gasteiger partial charge is 0.371 e. The molecule has 0 saturated heterocycles. The van der Waals surface area contributed by atoms with Crippen LogP contribution >= 0.6 is 0 Å². The molecule has 124 valence electrons. The summed E-state index contributed by atoms with van der Waals surface area (Å²) in [6.45, 7) is 1.24. The molecule has 0 fully saturated rings. The predicted octanol–water partition coefficient (Wildman–Crippen LogP) is 1.73. The molecule has 1 aliphatic rings. The first-order chi connectivity index (χ1) is 11.7. The van der Waals surface area contributed by atoms with Gasteiger partial charge in [-0.05, 0) is 23.1 Å². The van der Waals surface area contributed by atoms with Gasteiger partial charge in [0.05, 0.1) is 6.61 Å². The van der Waals surface area contributed by atoms with Crippen LogP contribution in [0.25, 0.3) is 0 Å². The summed E-state index contributed by atoms with van der Waals surface area (Å²) in [5.74, 6) is -1.28. The van der Waals surface area contributed by atoms with Crippen molar-refractivity contribution in [3.05, 3.63) is 71.3 Å². The van der Waals surface area contributed by atoms with Gasteiger partial charge in [0.2, 0.25) is 0 Å². The predicted molar refractivity (Wildman–Crippen MR) is 90.1 cm³/mol. The van der Waals surface area contributed by atoms with Gasteiger partial charge in [-0.3, -0.25) is 9.59 Å². The quantitative estimate of drug-likeness (QED) is 0.842. The van der Waals surface area contributed by atoms with Crippen LogP contribution < -0.4 is 10.6 Å². The Bertz CT molecular complexity index is 716. The van der Waals surface area contributed by atoms with Crippen molar-refractivity contribution in [3.63, 3.8) is 0 Å². The van der Waals surface area contributed by atoms with E-state index < -0.39 is 11.8 Å². The van der Waals surface area contributed by atoms with Crippen molar-refractivity contribution in [3.8, 4) is 0 Å². The molecule has 2 aromatic carbocycles. The molecule has 1 aliphatic heterocycles. The number of amides is 2. The molecule has 0 aromatic heterocycles. The van der Waals surface area contributed by atoms with E-state index in [1.165, 1.54) is 5.56 Å². The maximum Gasteiger partial charge on any atom is 0.309 e. The highest BCUT2D eigenvalue weighted by atomic mass is 16.5. The highest BCUT2D eigenvalue weighted by Crippen LogP contribution is 2.26. The number of hydrogen-bond donors (Lipinski definition) is 2. The number of nitrogens with one attached hydrogen (secondary N) is 2. The molecule has 2 amide bonds. The Morgan fingerprint density at radius 1 is 0.958 bits per heavy atom. The van der Waals surface area contributed by atoms with E-state index in [0.29, 0.717) is 13.2 Å². The Morgan fingerprint density at radius 2 is 1.67 bits per heavy atom. The fourth-order valence-electron chi connectivity index (χ4n) is 2.77. The molecular weight excluding hydrogens is 304 g/mol. The molecule has 2 aromatic rings. The lowest BCUT2D eigenvalue weighted by atomic mass is 9.97. The minimum atomic E-state index is -0.641. The van der Waals surface area contributed by atoms with E-state index in [0.717, 1.165) is 17.5 Å². The van der Waals surface area contributed by atoms with Gasteiger partial charge < -0.3 is 15.4 Å². The van der Waals surface area contributed by atoms with E-state index in [4.69, 9.17) is 4.74 Å². The van der Waals surface area contributed by atoms with Crippen molar-refractivity contribution in [1.82, 2.24) is 10.6 Å². The third kappa shape index (κ3) is 4.00. The van der Waals surface area contributed by atoms with Gasteiger partial charge in [-0.15, -0.1) is 0 Å². The van der Waals surface area contributed by atoms with Gasteiger partial charge in [0.1, 0.15) is 6.10 Å². The first kappa shape index (κ1) is 16.2. The van der Waals surface area contributed by atoms with E-state index >= 15 is 0 Å². The third-order valence-electron chi connectivity index (χ3n) is 4.04. The molecule has 5 nitrogen and oxygen atoms in total. The molecule has 2 N–H and O–H groups in total. The van der Waals surface area contributed by atoms with E-state index in [1.54, 1.807) is 0 Å². The molecule has 1 unspecified atom stereocenters. The maximum atomic E-state index is 11.9. The summed E-state index contributed by atoms with van der Waals surface area (Å²) < 4.78 is 5.72. The second kappa shape index (κ2) is 7.75. The smallest absolute Gasteiger partial charge is 0.309 e. The standard InChI is InChI=1S/C19H20N2O3/c22-18(20-12-14-6-2-1-3-7-14)19(23)21-13-17-16-9-5-4-8-15(16)10-11-24-17/h1-9,17H,10-13H2,(H,20,22)(H,21,23). The topological polar surface area (TPSA) is 67.4 Å². The molecule has 0 spiro atoms. The van der Waals surface area contributed by atoms with Gasteiger partial charge in [0.25, 0.3) is 0 Å². The second-order valence-electron chi connectivity index (χ2n) is 5.69. The molecule has 1 heterocycles. The number of fused-ring (bicyclic) bond motifs is 1. The number of carbonyl (C=O) groups excluding carboxylic acids is 2. The summed E-state index contributed by atoms with van der Waals surface area (Å²) in [5, 5.41) is 5.27. The minimum Gasteiger partial charge on any atom is -0.371 e. The maximum absolute atomic E-state index is 11.9. The minimum absolute atomic E-state index is 0.208. The van der Waals surface area contributed by atoms with Crippen LogP contribution in [-0.2, 0) is 27.3 Å². The molecule has 24 heavy (non-hydrogen) atoms. The fourth-order valence-corrected chi connectivity index (χ4v) is 2.77. The van der Waals surface area contributed by atoms with E-state index in [9.17, 15) is 9.59 Å². The van der Waals surface area contributed by atoms with Gasteiger partial charge in [0, 0.05) is 13.1 Å². The van der Waals surface area contributed by atoms with Crippen molar-refractivity contribution >= 4 is 11.8 Å². The van der Waals surface area contributed by atoms with Crippen LogP contribution in [0, 0.1) is 0 Å². The zero-order valence-corrected chi connectivity index (χ0v) is 13.3. The Labute approximate surface area is 141 Å². The number of rotatable bonds is 4. The molecule has 0 radical (unpaired) electrons. The van der Waals surface area contributed by atoms with E-state index in [2.05, 4.69) is 16.7 Å².